The molecule has 6 rings (SSSR count). The van der Waals surface area contributed by atoms with E-state index in [2.05, 4.69) is 15.3 Å². The zero-order valence-electron chi connectivity index (χ0n) is 22.4. The Morgan fingerprint density at radius 3 is 2.40 bits per heavy atom. The van der Waals surface area contributed by atoms with Crippen molar-refractivity contribution in [3.63, 3.8) is 0 Å². The summed E-state index contributed by atoms with van der Waals surface area (Å²) in [5.41, 5.74) is 6.75. The number of H-pyrrole nitrogens is 1. The number of amides is 1. The van der Waals surface area contributed by atoms with E-state index in [0.29, 0.717) is 39.2 Å². The van der Waals surface area contributed by atoms with Crippen LogP contribution in [0.4, 0.5) is 14.5 Å². The van der Waals surface area contributed by atoms with Crippen molar-refractivity contribution in [3.8, 4) is 33.8 Å². The van der Waals surface area contributed by atoms with Crippen molar-refractivity contribution < 1.29 is 18.0 Å². The average molecular weight is 537 g/mol. The van der Waals surface area contributed by atoms with Gasteiger partial charge >= 0.3 is 0 Å². The number of nitrogens with zero attached hydrogens (tertiary/aromatic N) is 2. The van der Waals surface area contributed by atoms with Crippen molar-refractivity contribution in [2.75, 3.05) is 26.0 Å². The number of carbonyl (C=O) groups is 1. The third kappa shape index (κ3) is 4.27. The summed E-state index contributed by atoms with van der Waals surface area (Å²) in [5.74, 6) is -0.349. The summed E-state index contributed by atoms with van der Waals surface area (Å²) < 4.78 is 35.0. The van der Waals surface area contributed by atoms with Crippen LogP contribution in [0.1, 0.15) is 15.9 Å². The second kappa shape index (κ2) is 9.64. The number of aromatic nitrogens is 2. The van der Waals surface area contributed by atoms with Crippen LogP contribution in [0.3, 0.4) is 0 Å². The molecule has 0 bridgehead atoms. The largest absolute Gasteiger partial charge is 0.455 e. The molecule has 2 aromatic heterocycles. The molecule has 6 nitrogen and oxygen atoms in total. The van der Waals surface area contributed by atoms with E-state index in [0.717, 1.165) is 33.4 Å². The molecule has 0 saturated heterocycles. The smallest absolute Gasteiger partial charge is 0.255 e. The van der Waals surface area contributed by atoms with Crippen LogP contribution >= 0.6 is 0 Å². The first-order valence-electron chi connectivity index (χ1n) is 12.8. The zero-order valence-corrected chi connectivity index (χ0v) is 22.4. The van der Waals surface area contributed by atoms with Crippen LogP contribution in [0, 0.1) is 18.6 Å². The Labute approximate surface area is 229 Å². The Hall–Kier alpha value is -4.98. The van der Waals surface area contributed by atoms with E-state index in [1.807, 2.05) is 56.3 Å². The molecule has 0 aliphatic heterocycles. The predicted octanol–water partition coefficient (Wildman–Crippen LogP) is 7.32. The molecule has 0 aliphatic carbocycles. The van der Waals surface area contributed by atoms with Gasteiger partial charge in [-0.2, -0.15) is 0 Å². The van der Waals surface area contributed by atoms with E-state index in [-0.39, 0.29) is 11.7 Å². The lowest BCUT2D eigenvalue weighted by molar-refractivity contribution is 0.0964. The molecular weight excluding hydrogens is 510 g/mol. The third-order valence-electron chi connectivity index (χ3n) is 7.02. The monoisotopic (exact) mass is 536 g/mol. The van der Waals surface area contributed by atoms with Crippen molar-refractivity contribution in [1.82, 2.24) is 15.3 Å². The van der Waals surface area contributed by atoms with Gasteiger partial charge in [-0.1, -0.05) is 12.1 Å². The topological polar surface area (TPSA) is 74.2 Å². The molecular formula is C32H26F2N4O2. The molecule has 2 heterocycles. The highest BCUT2D eigenvalue weighted by Gasteiger charge is 2.24. The second-order valence-corrected chi connectivity index (χ2v) is 9.95. The molecule has 6 aromatic rings. The summed E-state index contributed by atoms with van der Waals surface area (Å²) in [5, 5.41) is 3.27. The van der Waals surface area contributed by atoms with Gasteiger partial charge in [0.25, 0.3) is 5.91 Å². The molecule has 40 heavy (non-hydrogen) atoms. The van der Waals surface area contributed by atoms with Gasteiger partial charge < -0.3 is 19.6 Å². The maximum absolute atomic E-state index is 15.2. The molecule has 0 spiro atoms. The number of furan rings is 1. The van der Waals surface area contributed by atoms with Gasteiger partial charge in [-0.05, 0) is 72.6 Å². The van der Waals surface area contributed by atoms with E-state index >= 15 is 4.39 Å². The fourth-order valence-electron chi connectivity index (χ4n) is 5.01. The highest BCUT2D eigenvalue weighted by atomic mass is 19.1. The van der Waals surface area contributed by atoms with E-state index < -0.39 is 5.82 Å². The average Bonchev–Trinajstić information content (AvgIpc) is 3.53. The van der Waals surface area contributed by atoms with Gasteiger partial charge in [0.2, 0.25) is 0 Å². The van der Waals surface area contributed by atoms with Crippen LogP contribution in [-0.2, 0) is 0 Å². The standard InChI is InChI=1S/C32H26F2N4O2/c1-17-5-12-25-26(13-17)37-31(36-25)22-14-19(8-11-24(22)34)21-15-23-28(16-27(21)38(3)4)40-30(29(23)32(39)35-2)18-6-9-20(33)10-7-18/h5-16H,1-4H3,(H,35,39)(H,36,37). The van der Waals surface area contributed by atoms with Crippen LogP contribution in [0.25, 0.3) is 55.8 Å². The van der Waals surface area contributed by atoms with Gasteiger partial charge in [-0.25, -0.2) is 13.8 Å². The van der Waals surface area contributed by atoms with Crippen LogP contribution in [0.5, 0.6) is 0 Å². The van der Waals surface area contributed by atoms with Crippen LogP contribution in [0.15, 0.2) is 77.2 Å². The van der Waals surface area contributed by atoms with Crippen molar-refractivity contribution in [2.24, 2.45) is 0 Å². The Morgan fingerprint density at radius 2 is 1.68 bits per heavy atom. The van der Waals surface area contributed by atoms with Crippen LogP contribution in [-0.4, -0.2) is 37.0 Å². The van der Waals surface area contributed by atoms with Gasteiger partial charge in [-0.15, -0.1) is 0 Å². The normalized spacial score (nSPS) is 11.3. The number of benzene rings is 4. The van der Waals surface area contributed by atoms with E-state index in [1.165, 1.54) is 18.2 Å². The maximum Gasteiger partial charge on any atom is 0.255 e. The fourth-order valence-corrected chi connectivity index (χ4v) is 5.01. The summed E-state index contributed by atoms with van der Waals surface area (Å²) in [6.07, 6.45) is 0. The van der Waals surface area contributed by atoms with Crippen molar-refractivity contribution >= 4 is 33.6 Å². The maximum atomic E-state index is 15.2. The van der Waals surface area contributed by atoms with E-state index in [4.69, 9.17) is 4.42 Å². The first-order valence-corrected chi connectivity index (χ1v) is 12.8. The number of halogens is 2. The lowest BCUT2D eigenvalue weighted by atomic mass is 9.96. The molecule has 0 atom stereocenters. The van der Waals surface area contributed by atoms with Crippen molar-refractivity contribution in [3.05, 3.63) is 95.6 Å². The highest BCUT2D eigenvalue weighted by Crippen LogP contribution is 2.41. The molecule has 1 amide bonds. The molecule has 0 fully saturated rings. The first-order chi connectivity index (χ1) is 19.2. The summed E-state index contributed by atoms with van der Waals surface area (Å²) in [6, 6.07) is 20.3. The minimum absolute atomic E-state index is 0.334. The van der Waals surface area contributed by atoms with Gasteiger partial charge in [0.15, 0.2) is 0 Å². The van der Waals surface area contributed by atoms with Crippen LogP contribution < -0.4 is 10.2 Å². The van der Waals surface area contributed by atoms with Gasteiger partial charge in [0.05, 0.1) is 22.2 Å². The molecule has 2 N–H and O–H groups in total. The Kier molecular flexibility index (Phi) is 6.10. The highest BCUT2D eigenvalue weighted by molar-refractivity contribution is 6.13. The summed E-state index contributed by atoms with van der Waals surface area (Å²) in [4.78, 5) is 22.9. The molecule has 0 radical (unpaired) electrons. The number of rotatable bonds is 5. The number of hydrogen-bond acceptors (Lipinski definition) is 4. The fraction of sp³-hybridized carbons (Fsp3) is 0.125. The number of carbonyl (C=O) groups excluding carboxylic acids is 1. The molecule has 200 valence electrons. The second-order valence-electron chi connectivity index (χ2n) is 9.95. The number of aryl methyl sites for hydroxylation is 1. The lowest BCUT2D eigenvalue weighted by Crippen LogP contribution is -2.18. The van der Waals surface area contributed by atoms with Crippen molar-refractivity contribution in [1.29, 1.82) is 0 Å². The molecule has 8 heteroatoms. The molecule has 0 saturated carbocycles. The Bertz CT molecular complexity index is 1920. The predicted molar refractivity (Wildman–Crippen MR) is 155 cm³/mol. The summed E-state index contributed by atoms with van der Waals surface area (Å²) in [6.45, 7) is 1.99. The molecule has 4 aromatic carbocycles. The Balaban J connectivity index is 1.57. The molecule has 0 unspecified atom stereocenters. The number of aromatic amines is 1. The van der Waals surface area contributed by atoms with E-state index in [9.17, 15) is 9.18 Å². The zero-order chi connectivity index (χ0) is 28.1. The SMILES string of the molecule is CNC(=O)c1c(-c2ccc(F)cc2)oc2cc(N(C)C)c(-c3ccc(F)c(-c4nc5ccc(C)cc5[nH]4)c3)cc12. The third-order valence-corrected chi connectivity index (χ3v) is 7.02. The number of anilines is 1. The number of imidazole rings is 1. The number of nitrogens with one attached hydrogen (secondary N) is 2. The summed E-state index contributed by atoms with van der Waals surface area (Å²) >= 11 is 0. The van der Waals surface area contributed by atoms with Crippen LogP contribution in [0.2, 0.25) is 0 Å². The first kappa shape index (κ1) is 25.3. The minimum atomic E-state index is -0.403. The van der Waals surface area contributed by atoms with Gasteiger partial charge in [0, 0.05) is 49.4 Å². The number of fused-ring (bicyclic) bond motifs is 2. The van der Waals surface area contributed by atoms with Gasteiger partial charge in [-0.3, -0.25) is 4.79 Å². The number of hydrogen-bond donors (Lipinski definition) is 2. The quantitative estimate of drug-likeness (QED) is 0.242. The lowest BCUT2D eigenvalue weighted by Gasteiger charge is -2.18. The van der Waals surface area contributed by atoms with Gasteiger partial charge in [0.1, 0.15) is 28.8 Å². The summed E-state index contributed by atoms with van der Waals surface area (Å²) in [7, 11) is 5.35. The Morgan fingerprint density at radius 1 is 0.925 bits per heavy atom. The van der Waals surface area contributed by atoms with Crippen molar-refractivity contribution in [2.45, 2.75) is 6.92 Å². The molecule has 0 aliphatic rings. The van der Waals surface area contributed by atoms with E-state index in [1.54, 1.807) is 31.3 Å². The minimum Gasteiger partial charge on any atom is -0.455 e.